The van der Waals surface area contributed by atoms with Crippen LogP contribution in [0.25, 0.3) is 0 Å². The van der Waals surface area contributed by atoms with Crippen molar-refractivity contribution in [3.63, 3.8) is 0 Å². The first kappa shape index (κ1) is 41.8. The average molecular weight is 773 g/mol. The van der Waals surface area contributed by atoms with Crippen LogP contribution >= 0.6 is 23.5 Å². The second-order valence-electron chi connectivity index (χ2n) is 12.2. The Kier molecular flexibility index (Phi) is 18.3. The van der Waals surface area contributed by atoms with Crippen LogP contribution in [0, 0.1) is 0 Å². The Bertz CT molecular complexity index is 1570. The van der Waals surface area contributed by atoms with Crippen molar-refractivity contribution in [1.29, 1.82) is 0 Å². The summed E-state index contributed by atoms with van der Waals surface area (Å²) in [5, 5.41) is 0. The third-order valence-corrected chi connectivity index (χ3v) is 10.6. The highest BCUT2D eigenvalue weighted by atomic mass is 32.2. The van der Waals surface area contributed by atoms with Crippen molar-refractivity contribution in [2.75, 3.05) is 38.8 Å². The SMILES string of the molecule is COC(=O)[C@H](CCSCc1ccccc1)N(CCN(C(=O)OCc1ccccc1)[C@@H](CCSCc1ccccc1)C(=O)OC)C(=O)OCc1ccccc1. The zero-order valence-electron chi connectivity index (χ0n) is 30.7. The highest BCUT2D eigenvalue weighted by molar-refractivity contribution is 7.98. The van der Waals surface area contributed by atoms with Crippen molar-refractivity contribution in [3.05, 3.63) is 144 Å². The maximum absolute atomic E-state index is 13.9. The van der Waals surface area contributed by atoms with Gasteiger partial charge < -0.3 is 18.9 Å². The van der Waals surface area contributed by atoms with Crippen LogP contribution in [-0.2, 0) is 53.3 Å². The molecule has 0 fully saturated rings. The number of methoxy groups -OCH3 is 2. The number of ether oxygens (including phenoxy) is 4. The lowest BCUT2D eigenvalue weighted by molar-refractivity contribution is -0.148. The minimum Gasteiger partial charge on any atom is -0.467 e. The first-order chi connectivity index (χ1) is 26.4. The summed E-state index contributed by atoms with van der Waals surface area (Å²) < 4.78 is 21.8. The Morgan fingerprint density at radius 3 is 1.13 bits per heavy atom. The molecule has 0 aliphatic heterocycles. The van der Waals surface area contributed by atoms with Gasteiger partial charge in [-0.05, 0) is 46.6 Å². The third kappa shape index (κ3) is 14.1. The molecule has 0 aliphatic carbocycles. The molecule has 2 amide bonds. The lowest BCUT2D eigenvalue weighted by Gasteiger charge is -2.34. The summed E-state index contributed by atoms with van der Waals surface area (Å²) in [6.45, 7) is -0.359. The molecule has 0 bridgehead atoms. The van der Waals surface area contributed by atoms with E-state index in [0.717, 1.165) is 33.8 Å². The van der Waals surface area contributed by atoms with E-state index in [-0.39, 0.29) is 39.1 Å². The molecule has 10 nitrogen and oxygen atoms in total. The standard InChI is InChI=1S/C42H48N2O8S2/c1-49-39(45)37(23-27-53-31-35-19-11-5-12-20-35)43(41(47)51-29-33-15-7-3-8-16-33)25-26-44(42(48)52-30-34-17-9-4-10-18-34)38(40(46)50-2)24-28-54-32-36-21-13-6-14-22-36/h3-22,37-38H,23-32H2,1-2H3/t37-,38-/m0/s1. The molecule has 54 heavy (non-hydrogen) atoms. The molecule has 0 saturated carbocycles. The zero-order chi connectivity index (χ0) is 38.4. The average Bonchev–Trinajstić information content (AvgIpc) is 3.22. The normalized spacial score (nSPS) is 11.8. The summed E-state index contributed by atoms with van der Waals surface area (Å²) in [5.41, 5.74) is 3.81. The van der Waals surface area contributed by atoms with Crippen LogP contribution in [0.15, 0.2) is 121 Å². The van der Waals surface area contributed by atoms with Gasteiger partial charge in [0.25, 0.3) is 0 Å². The van der Waals surface area contributed by atoms with Gasteiger partial charge in [0.15, 0.2) is 0 Å². The Morgan fingerprint density at radius 2 is 0.815 bits per heavy atom. The molecule has 12 heteroatoms. The number of thioether (sulfide) groups is 2. The third-order valence-electron chi connectivity index (χ3n) is 8.45. The van der Waals surface area contributed by atoms with Gasteiger partial charge in [-0.15, -0.1) is 0 Å². The number of nitrogens with zero attached hydrogens (tertiary/aromatic N) is 2. The maximum Gasteiger partial charge on any atom is 0.410 e. The molecule has 0 N–H and O–H groups in total. The van der Waals surface area contributed by atoms with E-state index in [2.05, 4.69) is 0 Å². The van der Waals surface area contributed by atoms with E-state index in [1.54, 1.807) is 23.5 Å². The van der Waals surface area contributed by atoms with Crippen LogP contribution in [0.2, 0.25) is 0 Å². The van der Waals surface area contributed by atoms with Gasteiger partial charge in [-0.25, -0.2) is 19.2 Å². The first-order valence-corrected chi connectivity index (χ1v) is 20.0. The molecule has 0 radical (unpaired) electrons. The predicted octanol–water partition coefficient (Wildman–Crippen LogP) is 7.99. The molecule has 0 spiro atoms. The van der Waals surface area contributed by atoms with Crippen molar-refractivity contribution in [1.82, 2.24) is 9.80 Å². The molecule has 0 heterocycles. The fourth-order valence-electron chi connectivity index (χ4n) is 5.56. The van der Waals surface area contributed by atoms with Gasteiger partial charge in [-0.2, -0.15) is 23.5 Å². The molecule has 4 rings (SSSR count). The van der Waals surface area contributed by atoms with E-state index in [9.17, 15) is 19.2 Å². The van der Waals surface area contributed by atoms with E-state index >= 15 is 0 Å². The summed E-state index contributed by atoms with van der Waals surface area (Å²) in [6.07, 6.45) is -0.986. The van der Waals surface area contributed by atoms with Crippen LogP contribution in [0.3, 0.4) is 0 Å². The van der Waals surface area contributed by atoms with Crippen LogP contribution in [-0.4, -0.2) is 84.8 Å². The van der Waals surface area contributed by atoms with Crippen molar-refractivity contribution in [3.8, 4) is 0 Å². The Labute approximate surface area is 326 Å². The molecular weight excluding hydrogens is 725 g/mol. The molecule has 0 aliphatic rings. The second kappa shape index (κ2) is 23.7. The lowest BCUT2D eigenvalue weighted by atomic mass is 10.1. The maximum atomic E-state index is 13.9. The topological polar surface area (TPSA) is 112 Å². The summed E-state index contributed by atoms with van der Waals surface area (Å²) in [7, 11) is 2.54. The van der Waals surface area contributed by atoms with Gasteiger partial charge >= 0.3 is 24.1 Å². The van der Waals surface area contributed by atoms with E-state index in [1.807, 2.05) is 121 Å². The molecular formula is C42H48N2O8S2. The number of benzene rings is 4. The van der Waals surface area contributed by atoms with E-state index in [1.165, 1.54) is 24.0 Å². The molecule has 4 aromatic rings. The lowest BCUT2D eigenvalue weighted by Crippen LogP contribution is -2.53. The number of rotatable bonds is 21. The Morgan fingerprint density at radius 1 is 0.500 bits per heavy atom. The Hall–Kier alpha value is -4.94. The molecule has 0 saturated heterocycles. The van der Waals surface area contributed by atoms with Crippen molar-refractivity contribution >= 4 is 47.6 Å². The fourth-order valence-corrected chi connectivity index (χ4v) is 7.49. The number of hydrogen-bond donors (Lipinski definition) is 0. The largest absolute Gasteiger partial charge is 0.467 e. The van der Waals surface area contributed by atoms with Gasteiger partial charge in [-0.1, -0.05) is 121 Å². The number of hydrogen-bond acceptors (Lipinski definition) is 10. The predicted molar refractivity (Wildman–Crippen MR) is 213 cm³/mol. The minimum atomic E-state index is -1.03. The van der Waals surface area contributed by atoms with Gasteiger partial charge in [-0.3, -0.25) is 9.80 Å². The number of carbonyl (C=O) groups is 4. The molecule has 0 aromatic heterocycles. The minimum absolute atomic E-state index is 0.0287. The molecule has 0 unspecified atom stereocenters. The highest BCUT2D eigenvalue weighted by Gasteiger charge is 2.36. The van der Waals surface area contributed by atoms with Gasteiger partial charge in [0.05, 0.1) is 14.2 Å². The summed E-state index contributed by atoms with van der Waals surface area (Å²) in [6, 6.07) is 36.3. The van der Waals surface area contributed by atoms with Crippen LogP contribution in [0.4, 0.5) is 9.59 Å². The number of carbonyl (C=O) groups excluding carboxylic acids is 4. The smallest absolute Gasteiger partial charge is 0.410 e. The highest BCUT2D eigenvalue weighted by Crippen LogP contribution is 2.21. The molecule has 286 valence electrons. The summed E-state index contributed by atoms with van der Waals surface area (Å²) >= 11 is 3.24. The van der Waals surface area contributed by atoms with Gasteiger partial charge in [0.1, 0.15) is 25.3 Å². The fraction of sp³-hybridized carbons (Fsp3) is 0.333. The Balaban J connectivity index is 1.56. The van der Waals surface area contributed by atoms with Crippen LogP contribution in [0.5, 0.6) is 0 Å². The molecule has 2 atom stereocenters. The monoisotopic (exact) mass is 772 g/mol. The number of esters is 2. The van der Waals surface area contributed by atoms with Crippen LogP contribution in [0.1, 0.15) is 35.1 Å². The first-order valence-electron chi connectivity index (χ1n) is 17.7. The van der Waals surface area contributed by atoms with Gasteiger partial charge in [0, 0.05) is 24.6 Å². The summed E-state index contributed by atoms with van der Waals surface area (Å²) in [5.74, 6) is 1.26. The van der Waals surface area contributed by atoms with Gasteiger partial charge in [0.2, 0.25) is 0 Å². The zero-order valence-corrected chi connectivity index (χ0v) is 32.4. The molecule has 4 aromatic carbocycles. The van der Waals surface area contributed by atoms with E-state index in [4.69, 9.17) is 18.9 Å². The van der Waals surface area contributed by atoms with E-state index in [0.29, 0.717) is 11.5 Å². The second-order valence-corrected chi connectivity index (χ2v) is 14.4. The number of amides is 2. The van der Waals surface area contributed by atoms with E-state index < -0.39 is 36.2 Å². The van der Waals surface area contributed by atoms with Crippen molar-refractivity contribution < 1.29 is 38.1 Å². The summed E-state index contributed by atoms with van der Waals surface area (Å²) in [4.78, 5) is 57.1. The van der Waals surface area contributed by atoms with Crippen LogP contribution < -0.4 is 0 Å². The van der Waals surface area contributed by atoms with Crippen molar-refractivity contribution in [2.24, 2.45) is 0 Å². The quantitative estimate of drug-likeness (QED) is 0.0470. The van der Waals surface area contributed by atoms with Crippen molar-refractivity contribution in [2.45, 2.75) is 49.6 Å².